The maximum absolute atomic E-state index is 12.9. The quantitative estimate of drug-likeness (QED) is 0.798. The van der Waals surface area contributed by atoms with Gasteiger partial charge in [0, 0.05) is 16.8 Å². The number of ether oxygens (including phenoxy) is 1. The summed E-state index contributed by atoms with van der Waals surface area (Å²) in [6.45, 7) is 1.42. The first-order valence-electron chi connectivity index (χ1n) is 7.26. The van der Waals surface area contributed by atoms with Crippen LogP contribution in [0.15, 0.2) is 36.4 Å². The van der Waals surface area contributed by atoms with E-state index in [2.05, 4.69) is 10.6 Å². The predicted molar refractivity (Wildman–Crippen MR) is 91.3 cm³/mol. The van der Waals surface area contributed by atoms with E-state index in [1.807, 2.05) is 0 Å². The standard InChI is InChI=1S/C17H16ClF3N2O2/c1-10-7-14(15(25-2)8-12(10)18)23-16(24)9-22-13-6-4-3-5-11(13)17(19,20)21/h3-8,22H,9H2,1-2H3,(H,23,24). The zero-order valence-corrected chi connectivity index (χ0v) is 14.3. The van der Waals surface area contributed by atoms with Crippen LogP contribution >= 0.6 is 11.6 Å². The normalized spacial score (nSPS) is 11.1. The Balaban J connectivity index is 2.09. The van der Waals surface area contributed by atoms with E-state index >= 15 is 0 Å². The number of hydrogen-bond donors (Lipinski definition) is 2. The SMILES string of the molecule is COc1cc(Cl)c(C)cc1NC(=O)CNc1ccccc1C(F)(F)F. The third-order valence-electron chi connectivity index (χ3n) is 3.43. The van der Waals surface area contributed by atoms with Gasteiger partial charge in [-0.15, -0.1) is 0 Å². The van der Waals surface area contributed by atoms with Crippen molar-refractivity contribution in [1.82, 2.24) is 0 Å². The first kappa shape index (κ1) is 18.9. The number of halogens is 4. The van der Waals surface area contributed by atoms with E-state index < -0.39 is 17.6 Å². The highest BCUT2D eigenvalue weighted by Crippen LogP contribution is 2.34. The molecule has 2 aromatic rings. The molecule has 0 bridgehead atoms. The molecule has 25 heavy (non-hydrogen) atoms. The van der Waals surface area contributed by atoms with Gasteiger partial charge in [0.15, 0.2) is 0 Å². The van der Waals surface area contributed by atoms with Gasteiger partial charge in [0.2, 0.25) is 5.91 Å². The Hall–Kier alpha value is -2.41. The molecule has 0 aliphatic rings. The summed E-state index contributed by atoms with van der Waals surface area (Å²) in [5, 5.41) is 5.57. The molecule has 0 spiro atoms. The van der Waals surface area contributed by atoms with E-state index in [4.69, 9.17) is 16.3 Å². The fourth-order valence-corrected chi connectivity index (χ4v) is 2.34. The molecule has 134 valence electrons. The molecule has 0 fully saturated rings. The van der Waals surface area contributed by atoms with Crippen molar-refractivity contribution in [2.45, 2.75) is 13.1 Å². The number of methoxy groups -OCH3 is 1. The molecule has 0 atom stereocenters. The second kappa shape index (κ2) is 7.65. The average Bonchev–Trinajstić information content (AvgIpc) is 2.55. The molecule has 0 saturated carbocycles. The second-order valence-electron chi connectivity index (χ2n) is 5.25. The fourth-order valence-electron chi connectivity index (χ4n) is 2.18. The van der Waals surface area contributed by atoms with Crippen molar-refractivity contribution in [1.29, 1.82) is 0 Å². The van der Waals surface area contributed by atoms with Crippen LogP contribution in [-0.2, 0) is 11.0 Å². The topological polar surface area (TPSA) is 50.4 Å². The van der Waals surface area contributed by atoms with Crippen LogP contribution < -0.4 is 15.4 Å². The third kappa shape index (κ3) is 4.79. The molecule has 4 nitrogen and oxygen atoms in total. The maximum atomic E-state index is 12.9. The van der Waals surface area contributed by atoms with Gasteiger partial charge in [-0.05, 0) is 30.7 Å². The zero-order valence-electron chi connectivity index (χ0n) is 13.5. The molecule has 8 heteroatoms. The number of aryl methyl sites for hydroxylation is 1. The monoisotopic (exact) mass is 372 g/mol. The number of hydrogen-bond acceptors (Lipinski definition) is 3. The van der Waals surface area contributed by atoms with E-state index in [1.54, 1.807) is 19.1 Å². The lowest BCUT2D eigenvalue weighted by atomic mass is 10.1. The van der Waals surface area contributed by atoms with Crippen LogP contribution in [0.2, 0.25) is 5.02 Å². The summed E-state index contributed by atoms with van der Waals surface area (Å²) in [6.07, 6.45) is -4.50. The molecule has 0 radical (unpaired) electrons. The summed E-state index contributed by atoms with van der Waals surface area (Å²) in [7, 11) is 1.43. The van der Waals surface area contributed by atoms with E-state index in [9.17, 15) is 18.0 Å². The van der Waals surface area contributed by atoms with Crippen LogP contribution in [0.5, 0.6) is 5.75 Å². The number of para-hydroxylation sites is 1. The largest absolute Gasteiger partial charge is 0.495 e. The maximum Gasteiger partial charge on any atom is 0.418 e. The predicted octanol–water partition coefficient (Wildman–Crippen LogP) is 4.73. The molecule has 0 unspecified atom stereocenters. The number of amides is 1. The molecular formula is C17H16ClF3N2O2. The van der Waals surface area contributed by atoms with E-state index in [0.717, 1.165) is 11.6 Å². The van der Waals surface area contributed by atoms with Gasteiger partial charge in [0.05, 0.1) is 24.9 Å². The lowest BCUT2D eigenvalue weighted by Crippen LogP contribution is -2.23. The summed E-state index contributed by atoms with van der Waals surface area (Å²) in [5.41, 5.74) is 0.126. The van der Waals surface area contributed by atoms with E-state index in [0.29, 0.717) is 16.5 Å². The fraction of sp³-hybridized carbons (Fsp3) is 0.235. The van der Waals surface area contributed by atoms with Crippen molar-refractivity contribution in [3.8, 4) is 5.75 Å². The molecule has 0 aliphatic heterocycles. The Bertz CT molecular complexity index is 779. The van der Waals surface area contributed by atoms with Gasteiger partial charge in [-0.1, -0.05) is 23.7 Å². The Morgan fingerprint density at radius 1 is 1.20 bits per heavy atom. The van der Waals surface area contributed by atoms with Crippen LogP contribution in [0.4, 0.5) is 24.5 Å². The molecular weight excluding hydrogens is 357 g/mol. The first-order valence-corrected chi connectivity index (χ1v) is 7.64. The third-order valence-corrected chi connectivity index (χ3v) is 3.83. The van der Waals surface area contributed by atoms with Crippen molar-refractivity contribution in [3.05, 3.63) is 52.5 Å². The zero-order chi connectivity index (χ0) is 18.6. The Morgan fingerprint density at radius 2 is 1.88 bits per heavy atom. The van der Waals surface area contributed by atoms with Crippen molar-refractivity contribution < 1.29 is 22.7 Å². The highest BCUT2D eigenvalue weighted by Gasteiger charge is 2.33. The number of nitrogens with one attached hydrogen (secondary N) is 2. The summed E-state index contributed by atoms with van der Waals surface area (Å²) < 4.78 is 43.9. The highest BCUT2D eigenvalue weighted by molar-refractivity contribution is 6.31. The molecule has 1 amide bonds. The van der Waals surface area contributed by atoms with Crippen molar-refractivity contribution in [3.63, 3.8) is 0 Å². The summed E-state index contributed by atoms with van der Waals surface area (Å²) >= 11 is 5.99. The van der Waals surface area contributed by atoms with Gasteiger partial charge >= 0.3 is 6.18 Å². The molecule has 2 aromatic carbocycles. The minimum Gasteiger partial charge on any atom is -0.495 e. The van der Waals surface area contributed by atoms with Gasteiger partial charge in [-0.2, -0.15) is 13.2 Å². The highest BCUT2D eigenvalue weighted by atomic mass is 35.5. The van der Waals surface area contributed by atoms with Crippen molar-refractivity contribution in [2.24, 2.45) is 0 Å². The number of carbonyl (C=O) groups is 1. The Labute approximate surface area is 147 Å². The second-order valence-corrected chi connectivity index (χ2v) is 5.65. The van der Waals surface area contributed by atoms with Gasteiger partial charge in [-0.3, -0.25) is 4.79 Å². The van der Waals surface area contributed by atoms with Gasteiger partial charge in [0.25, 0.3) is 0 Å². The summed E-state index contributed by atoms with van der Waals surface area (Å²) in [5.74, 6) is -0.156. The van der Waals surface area contributed by atoms with E-state index in [1.165, 1.54) is 25.3 Å². The molecule has 0 heterocycles. The molecule has 2 N–H and O–H groups in total. The number of rotatable bonds is 5. The van der Waals surface area contributed by atoms with Crippen LogP contribution in [0.3, 0.4) is 0 Å². The van der Waals surface area contributed by atoms with Crippen LogP contribution in [-0.4, -0.2) is 19.6 Å². The van der Waals surface area contributed by atoms with Gasteiger partial charge in [-0.25, -0.2) is 0 Å². The molecule has 0 aliphatic carbocycles. The average molecular weight is 373 g/mol. The van der Waals surface area contributed by atoms with Crippen molar-refractivity contribution in [2.75, 3.05) is 24.3 Å². The minimum atomic E-state index is -4.50. The van der Waals surface area contributed by atoms with Gasteiger partial charge in [0.1, 0.15) is 5.75 Å². The minimum absolute atomic E-state index is 0.163. The smallest absolute Gasteiger partial charge is 0.418 e. The molecule has 2 rings (SSSR count). The van der Waals surface area contributed by atoms with Crippen LogP contribution in [0.1, 0.15) is 11.1 Å². The first-order chi connectivity index (χ1) is 11.7. The molecule has 0 aromatic heterocycles. The number of alkyl halides is 3. The van der Waals surface area contributed by atoms with Crippen LogP contribution in [0.25, 0.3) is 0 Å². The lowest BCUT2D eigenvalue weighted by molar-refractivity contribution is -0.137. The number of benzene rings is 2. The van der Waals surface area contributed by atoms with Crippen molar-refractivity contribution >= 4 is 28.9 Å². The summed E-state index contributed by atoms with van der Waals surface area (Å²) in [4.78, 5) is 12.1. The molecule has 0 saturated heterocycles. The number of anilines is 2. The summed E-state index contributed by atoms with van der Waals surface area (Å²) in [6, 6.07) is 8.15. The van der Waals surface area contributed by atoms with E-state index in [-0.39, 0.29) is 12.2 Å². The van der Waals surface area contributed by atoms with Gasteiger partial charge < -0.3 is 15.4 Å². The Kier molecular flexibility index (Phi) is 5.79. The van der Waals surface area contributed by atoms with Crippen LogP contribution in [0, 0.1) is 6.92 Å². The number of carbonyl (C=O) groups excluding carboxylic acids is 1. The Morgan fingerprint density at radius 3 is 2.52 bits per heavy atom. The lowest BCUT2D eigenvalue weighted by Gasteiger charge is -2.15.